The van der Waals surface area contributed by atoms with E-state index in [0.717, 1.165) is 0 Å². The molecular formula is C31H26ClNO10S. The fraction of sp³-hybridized carbons (Fsp3) is 0.161. The quantitative estimate of drug-likeness (QED) is 0.169. The highest BCUT2D eigenvalue weighted by atomic mass is 35.5. The number of halogens is 1. The Bertz CT molecular complexity index is 1850. The Morgan fingerprint density at radius 2 is 1.39 bits per heavy atom. The van der Waals surface area contributed by atoms with Crippen LogP contribution in [0.1, 0.15) is 11.1 Å². The summed E-state index contributed by atoms with van der Waals surface area (Å²) < 4.78 is 62.1. The van der Waals surface area contributed by atoms with Crippen molar-refractivity contribution in [3.63, 3.8) is 0 Å². The molecule has 44 heavy (non-hydrogen) atoms. The molecule has 0 aromatic heterocycles. The van der Waals surface area contributed by atoms with E-state index >= 15 is 0 Å². The van der Waals surface area contributed by atoms with Gasteiger partial charge in [-0.3, -0.25) is 4.79 Å². The zero-order valence-corrected chi connectivity index (χ0v) is 25.5. The molecule has 5 rings (SSSR count). The molecule has 228 valence electrons. The molecular weight excluding hydrogens is 614 g/mol. The van der Waals surface area contributed by atoms with Crippen LogP contribution in [0.2, 0.25) is 5.02 Å². The van der Waals surface area contributed by atoms with Crippen LogP contribution in [-0.2, 0) is 25.2 Å². The Morgan fingerprint density at radius 3 is 2.05 bits per heavy atom. The summed E-state index contributed by atoms with van der Waals surface area (Å²) in [4.78, 5) is 27.9. The summed E-state index contributed by atoms with van der Waals surface area (Å²) in [6, 6.07) is 20.6. The summed E-state index contributed by atoms with van der Waals surface area (Å²) in [5.74, 6) is -0.482. The molecule has 0 fully saturated rings. The maximum atomic E-state index is 14.8. The minimum Gasteiger partial charge on any atom is -0.497 e. The van der Waals surface area contributed by atoms with Gasteiger partial charge in [-0.1, -0.05) is 29.8 Å². The lowest BCUT2D eigenvalue weighted by atomic mass is 9.86. The fourth-order valence-corrected chi connectivity index (χ4v) is 6.66. The van der Waals surface area contributed by atoms with E-state index < -0.39 is 27.7 Å². The van der Waals surface area contributed by atoms with E-state index in [1.165, 1.54) is 89.1 Å². The van der Waals surface area contributed by atoms with Gasteiger partial charge >= 0.3 is 6.16 Å². The molecule has 1 heterocycles. The first kappa shape index (κ1) is 30.5. The molecule has 0 bridgehead atoms. The Balaban J connectivity index is 1.78. The third-order valence-corrected chi connectivity index (χ3v) is 8.87. The highest BCUT2D eigenvalue weighted by molar-refractivity contribution is 7.93. The summed E-state index contributed by atoms with van der Waals surface area (Å²) in [5, 5.41) is 0.129. The number of rotatable bonds is 9. The number of nitrogens with zero attached hydrogens (tertiary/aromatic N) is 1. The first-order valence-electron chi connectivity index (χ1n) is 12.9. The molecule has 0 saturated heterocycles. The monoisotopic (exact) mass is 639 g/mol. The average Bonchev–Trinajstić information content (AvgIpc) is 3.28. The molecule has 1 aliphatic heterocycles. The van der Waals surface area contributed by atoms with Crippen LogP contribution in [0, 0.1) is 0 Å². The van der Waals surface area contributed by atoms with Gasteiger partial charge in [0, 0.05) is 16.7 Å². The summed E-state index contributed by atoms with van der Waals surface area (Å²) in [6.07, 6.45) is -1.30. The summed E-state index contributed by atoms with van der Waals surface area (Å²) in [6.45, 7) is 0. The van der Waals surface area contributed by atoms with Crippen LogP contribution >= 0.6 is 11.6 Å². The number of para-hydroxylation sites is 1. The Kier molecular flexibility index (Phi) is 8.31. The fourth-order valence-electron chi connectivity index (χ4n) is 4.89. The SMILES string of the molecule is COc1ccc(S(=O)(=O)N2C(=O)C(OC(=O)Oc3ccccc3)(c3cc(OC)ccc3OC)c3cc(Cl)ccc32)c(OC)c1. The van der Waals surface area contributed by atoms with Crippen molar-refractivity contribution in [1.82, 2.24) is 0 Å². The molecule has 13 heteroatoms. The van der Waals surface area contributed by atoms with Crippen molar-refractivity contribution in [1.29, 1.82) is 0 Å². The molecule has 0 radical (unpaired) electrons. The normalized spacial score (nSPS) is 15.8. The van der Waals surface area contributed by atoms with E-state index in [1.54, 1.807) is 24.3 Å². The second-order valence-corrected chi connectivity index (χ2v) is 11.5. The lowest BCUT2D eigenvalue weighted by Gasteiger charge is -2.30. The van der Waals surface area contributed by atoms with Crippen LogP contribution in [0.4, 0.5) is 10.5 Å². The van der Waals surface area contributed by atoms with Gasteiger partial charge in [0.1, 0.15) is 33.6 Å². The van der Waals surface area contributed by atoms with Gasteiger partial charge in [-0.05, 0) is 60.7 Å². The van der Waals surface area contributed by atoms with E-state index in [9.17, 15) is 18.0 Å². The van der Waals surface area contributed by atoms with E-state index in [2.05, 4.69) is 0 Å². The molecule has 1 amide bonds. The van der Waals surface area contributed by atoms with Crippen molar-refractivity contribution < 1.29 is 46.4 Å². The van der Waals surface area contributed by atoms with Gasteiger partial charge in [-0.15, -0.1) is 0 Å². The van der Waals surface area contributed by atoms with Crippen LogP contribution in [0.15, 0.2) is 89.8 Å². The van der Waals surface area contributed by atoms with Gasteiger partial charge in [0.2, 0.25) is 0 Å². The molecule has 0 saturated carbocycles. The van der Waals surface area contributed by atoms with Crippen molar-refractivity contribution >= 4 is 39.4 Å². The van der Waals surface area contributed by atoms with Crippen LogP contribution < -0.4 is 28.0 Å². The number of hydrogen-bond acceptors (Lipinski definition) is 10. The van der Waals surface area contributed by atoms with Crippen molar-refractivity contribution in [2.75, 3.05) is 32.7 Å². The maximum absolute atomic E-state index is 14.8. The number of anilines is 1. The molecule has 0 aliphatic carbocycles. The minimum atomic E-state index is -4.73. The Hall–Kier alpha value is -4.94. The third-order valence-electron chi connectivity index (χ3n) is 6.90. The number of sulfonamides is 1. The predicted octanol–water partition coefficient (Wildman–Crippen LogP) is 5.57. The van der Waals surface area contributed by atoms with Crippen LogP contribution in [0.5, 0.6) is 28.7 Å². The van der Waals surface area contributed by atoms with Gasteiger partial charge in [-0.25, -0.2) is 13.2 Å². The minimum absolute atomic E-state index is 0.0442. The smallest absolute Gasteiger partial charge is 0.497 e. The lowest BCUT2D eigenvalue weighted by molar-refractivity contribution is -0.132. The van der Waals surface area contributed by atoms with Crippen molar-refractivity contribution in [3.8, 4) is 28.7 Å². The number of carbonyl (C=O) groups is 2. The van der Waals surface area contributed by atoms with Crippen molar-refractivity contribution in [3.05, 3.63) is 101 Å². The van der Waals surface area contributed by atoms with Gasteiger partial charge in [0.25, 0.3) is 21.5 Å². The number of hydrogen-bond donors (Lipinski definition) is 0. The van der Waals surface area contributed by atoms with E-state index in [-0.39, 0.29) is 49.7 Å². The number of ether oxygens (including phenoxy) is 6. The van der Waals surface area contributed by atoms with Gasteiger partial charge < -0.3 is 28.4 Å². The van der Waals surface area contributed by atoms with Crippen molar-refractivity contribution in [2.45, 2.75) is 10.5 Å². The molecule has 0 spiro atoms. The number of benzene rings is 4. The highest BCUT2D eigenvalue weighted by Gasteiger charge is 2.61. The van der Waals surface area contributed by atoms with Gasteiger partial charge in [-0.2, -0.15) is 4.31 Å². The number of carbonyl (C=O) groups excluding carboxylic acids is 2. The third kappa shape index (κ3) is 5.12. The topological polar surface area (TPSA) is 127 Å². The summed E-state index contributed by atoms with van der Waals surface area (Å²) in [5.41, 5.74) is -2.71. The van der Waals surface area contributed by atoms with Gasteiger partial charge in [0.05, 0.1) is 39.7 Å². The van der Waals surface area contributed by atoms with Crippen LogP contribution in [0.25, 0.3) is 0 Å². The molecule has 4 aromatic rings. The second-order valence-electron chi connectivity index (χ2n) is 9.27. The molecule has 1 atom stereocenters. The molecule has 1 unspecified atom stereocenters. The van der Waals surface area contributed by atoms with Gasteiger partial charge in [0.15, 0.2) is 0 Å². The number of methoxy groups -OCH3 is 4. The van der Waals surface area contributed by atoms with Crippen LogP contribution in [0.3, 0.4) is 0 Å². The Morgan fingerprint density at radius 1 is 0.727 bits per heavy atom. The number of fused-ring (bicyclic) bond motifs is 1. The standard InChI is InChI=1S/C31H26ClNO10S/c1-38-21-11-14-26(40-3)24(17-21)31(43-30(35)42-20-8-6-5-7-9-20)23-16-19(32)10-13-25(23)33(29(31)34)44(36,37)28-15-12-22(39-2)18-27(28)41-4/h5-18H,1-4H3. The Labute approximate surface area is 258 Å². The summed E-state index contributed by atoms with van der Waals surface area (Å²) >= 11 is 6.40. The molecule has 11 nitrogen and oxygen atoms in total. The average molecular weight is 640 g/mol. The van der Waals surface area contributed by atoms with E-state index in [1.807, 2.05) is 0 Å². The second kappa shape index (κ2) is 12.0. The molecule has 1 aliphatic rings. The zero-order valence-electron chi connectivity index (χ0n) is 23.9. The van der Waals surface area contributed by atoms with Crippen molar-refractivity contribution in [2.24, 2.45) is 0 Å². The first-order chi connectivity index (χ1) is 21.1. The van der Waals surface area contributed by atoms with Crippen LogP contribution in [-0.4, -0.2) is 48.9 Å². The first-order valence-corrected chi connectivity index (χ1v) is 14.7. The summed E-state index contributed by atoms with van der Waals surface area (Å²) in [7, 11) is 0.699. The number of amides is 1. The highest BCUT2D eigenvalue weighted by Crippen LogP contribution is 2.53. The van der Waals surface area contributed by atoms with E-state index in [0.29, 0.717) is 10.1 Å². The van der Waals surface area contributed by atoms with E-state index in [4.69, 9.17) is 40.0 Å². The molecule has 4 aromatic carbocycles. The molecule has 0 N–H and O–H groups in total. The maximum Gasteiger partial charge on any atom is 0.515 e. The predicted molar refractivity (Wildman–Crippen MR) is 160 cm³/mol. The largest absolute Gasteiger partial charge is 0.515 e. The lowest BCUT2D eigenvalue weighted by Crippen LogP contribution is -2.47. The zero-order chi connectivity index (χ0) is 31.6.